The predicted octanol–water partition coefficient (Wildman–Crippen LogP) is 1.11. The molecule has 0 bridgehead atoms. The summed E-state index contributed by atoms with van der Waals surface area (Å²) >= 11 is 0. The quantitative estimate of drug-likeness (QED) is 0.644. The Balaban J connectivity index is 1.23. The fraction of sp³-hybridized carbons (Fsp3) is 0.550. The molecule has 0 aliphatic carbocycles. The molecule has 0 N–H and O–H groups in total. The number of hydrogen-bond acceptors (Lipinski definition) is 6. The molecule has 0 amide bonds. The molecule has 5 heterocycles. The molecule has 0 spiro atoms. The van der Waals surface area contributed by atoms with Crippen LogP contribution in [0.4, 0.5) is 0 Å². The monoisotopic (exact) mass is 394 g/mol. The molecule has 29 heavy (non-hydrogen) atoms. The molecule has 0 radical (unpaired) electrons. The van der Waals surface area contributed by atoms with Crippen LogP contribution in [-0.2, 0) is 26.1 Å². The summed E-state index contributed by atoms with van der Waals surface area (Å²) in [4.78, 5) is 14.7. The topological polar surface area (TPSA) is 86.7 Å². The number of likely N-dealkylation sites (tertiary alicyclic amines) is 1. The van der Waals surface area contributed by atoms with Crippen molar-refractivity contribution in [3.8, 4) is 5.82 Å². The van der Waals surface area contributed by atoms with Gasteiger partial charge in [-0.2, -0.15) is 5.10 Å². The lowest BCUT2D eigenvalue weighted by molar-refractivity contribution is 0.0725. The van der Waals surface area contributed by atoms with Crippen LogP contribution in [0.15, 0.2) is 23.0 Å². The predicted molar refractivity (Wildman–Crippen MR) is 107 cm³/mol. The van der Waals surface area contributed by atoms with Crippen molar-refractivity contribution in [3.63, 3.8) is 0 Å². The molecule has 5 rings (SSSR count). The lowest BCUT2D eigenvalue weighted by atomic mass is 10.0. The number of rotatable bonds is 5. The summed E-state index contributed by atoms with van der Waals surface area (Å²) in [6.45, 7) is 8.32. The van der Waals surface area contributed by atoms with Crippen LogP contribution < -0.4 is 5.56 Å². The second-order valence-corrected chi connectivity index (χ2v) is 8.25. The molecule has 1 saturated heterocycles. The average Bonchev–Trinajstić information content (AvgIpc) is 3.24. The minimum Gasteiger partial charge on any atom is -0.314 e. The van der Waals surface area contributed by atoms with E-state index in [1.54, 1.807) is 21.5 Å². The largest absolute Gasteiger partial charge is 0.314 e. The zero-order valence-corrected chi connectivity index (χ0v) is 17.0. The normalized spacial score (nSPS) is 17.3. The lowest BCUT2D eigenvalue weighted by Crippen LogP contribution is -2.49. The smallest absolute Gasteiger partial charge is 0.266 e. The number of aryl methyl sites for hydroxylation is 3. The fourth-order valence-corrected chi connectivity index (χ4v) is 4.39. The van der Waals surface area contributed by atoms with Gasteiger partial charge in [0.05, 0.1) is 18.8 Å². The first-order chi connectivity index (χ1) is 14.1. The molecule has 9 nitrogen and oxygen atoms in total. The molecule has 0 unspecified atom stereocenters. The van der Waals surface area contributed by atoms with E-state index in [1.807, 2.05) is 19.9 Å². The van der Waals surface area contributed by atoms with Crippen LogP contribution in [0.2, 0.25) is 0 Å². The first-order valence-corrected chi connectivity index (χ1v) is 10.3. The van der Waals surface area contributed by atoms with Crippen LogP contribution in [0.25, 0.3) is 5.82 Å². The number of nitrogens with zero attached hydrogens (tertiary/aromatic N) is 8. The van der Waals surface area contributed by atoms with E-state index in [0.717, 1.165) is 55.6 Å². The second kappa shape index (κ2) is 7.22. The van der Waals surface area contributed by atoms with E-state index in [9.17, 15) is 4.79 Å². The summed E-state index contributed by atoms with van der Waals surface area (Å²) in [5.74, 6) is 3.29. The molecule has 0 atom stereocenters. The third kappa shape index (κ3) is 3.50. The maximum absolute atomic E-state index is 12.3. The molecule has 2 aliphatic rings. The van der Waals surface area contributed by atoms with Gasteiger partial charge in [0.1, 0.15) is 11.6 Å². The Morgan fingerprint density at radius 3 is 2.76 bits per heavy atom. The molecule has 1 fully saturated rings. The average molecular weight is 394 g/mol. The van der Waals surface area contributed by atoms with E-state index in [2.05, 4.69) is 29.9 Å². The highest BCUT2D eigenvalue weighted by atomic mass is 16.1. The van der Waals surface area contributed by atoms with Crippen molar-refractivity contribution in [3.05, 3.63) is 51.6 Å². The Labute approximate surface area is 169 Å². The summed E-state index contributed by atoms with van der Waals surface area (Å²) in [5, 5.41) is 17.8. The zero-order chi connectivity index (χ0) is 20.0. The maximum Gasteiger partial charge on any atom is 0.266 e. The number of aromatic nitrogens is 7. The standard InChI is InChI=1S/C20H26N8O/c1-14-9-15(2)28(23-14)18-6-7-20(29)27(24-18)12-16-10-25(11-16)13-19-22-21-17-5-3-4-8-26(17)19/h6-7,9,16H,3-5,8,10-13H2,1-2H3. The molecular formula is C20H26N8O. The maximum atomic E-state index is 12.3. The Morgan fingerprint density at radius 2 is 1.97 bits per heavy atom. The fourth-order valence-electron chi connectivity index (χ4n) is 4.39. The van der Waals surface area contributed by atoms with Gasteiger partial charge in [-0.15, -0.1) is 15.3 Å². The van der Waals surface area contributed by atoms with Gasteiger partial charge in [0.15, 0.2) is 5.82 Å². The SMILES string of the molecule is Cc1cc(C)n(-c2ccc(=O)n(CC3CN(Cc4nnc5n4CCCC5)C3)n2)n1. The van der Waals surface area contributed by atoms with Crippen molar-refractivity contribution in [1.29, 1.82) is 0 Å². The summed E-state index contributed by atoms with van der Waals surface area (Å²) in [6.07, 6.45) is 3.46. The van der Waals surface area contributed by atoms with Gasteiger partial charge >= 0.3 is 0 Å². The number of fused-ring (bicyclic) bond motifs is 1. The summed E-state index contributed by atoms with van der Waals surface area (Å²) in [6, 6.07) is 5.32. The van der Waals surface area contributed by atoms with Gasteiger partial charge in [-0.25, -0.2) is 9.36 Å². The lowest BCUT2D eigenvalue weighted by Gasteiger charge is -2.39. The van der Waals surface area contributed by atoms with E-state index in [4.69, 9.17) is 0 Å². The highest BCUT2D eigenvalue weighted by Crippen LogP contribution is 2.21. The van der Waals surface area contributed by atoms with Gasteiger partial charge in [0, 0.05) is 43.7 Å². The molecule has 3 aromatic rings. The highest BCUT2D eigenvalue weighted by molar-refractivity contribution is 5.23. The molecule has 3 aromatic heterocycles. The molecular weight excluding hydrogens is 368 g/mol. The van der Waals surface area contributed by atoms with Crippen molar-refractivity contribution in [2.45, 2.75) is 52.7 Å². The minimum atomic E-state index is -0.0692. The van der Waals surface area contributed by atoms with Gasteiger partial charge in [0.2, 0.25) is 0 Å². The minimum absolute atomic E-state index is 0.0692. The number of hydrogen-bond donors (Lipinski definition) is 0. The Morgan fingerprint density at radius 1 is 1.10 bits per heavy atom. The Bertz CT molecular complexity index is 1090. The van der Waals surface area contributed by atoms with E-state index >= 15 is 0 Å². The van der Waals surface area contributed by atoms with Gasteiger partial charge in [-0.05, 0) is 38.8 Å². The van der Waals surface area contributed by atoms with Crippen LogP contribution >= 0.6 is 0 Å². The molecule has 0 saturated carbocycles. The van der Waals surface area contributed by atoms with Crippen LogP contribution in [0.1, 0.15) is 35.9 Å². The van der Waals surface area contributed by atoms with Crippen molar-refractivity contribution in [2.24, 2.45) is 5.92 Å². The summed E-state index contributed by atoms with van der Waals surface area (Å²) < 4.78 is 5.64. The summed E-state index contributed by atoms with van der Waals surface area (Å²) in [5.41, 5.74) is 1.87. The molecule has 2 aliphatic heterocycles. The molecule has 0 aromatic carbocycles. The van der Waals surface area contributed by atoms with E-state index in [-0.39, 0.29) is 5.56 Å². The van der Waals surface area contributed by atoms with Crippen molar-refractivity contribution in [2.75, 3.05) is 13.1 Å². The van der Waals surface area contributed by atoms with Crippen molar-refractivity contribution >= 4 is 0 Å². The third-order valence-electron chi connectivity index (χ3n) is 5.84. The van der Waals surface area contributed by atoms with Gasteiger partial charge in [-0.3, -0.25) is 9.69 Å². The third-order valence-corrected chi connectivity index (χ3v) is 5.84. The van der Waals surface area contributed by atoms with E-state index < -0.39 is 0 Å². The van der Waals surface area contributed by atoms with Crippen LogP contribution in [-0.4, -0.2) is 52.3 Å². The van der Waals surface area contributed by atoms with Gasteiger partial charge in [-0.1, -0.05) is 0 Å². The van der Waals surface area contributed by atoms with Crippen LogP contribution in [0, 0.1) is 19.8 Å². The van der Waals surface area contributed by atoms with Crippen LogP contribution in [0.5, 0.6) is 0 Å². The van der Waals surface area contributed by atoms with Crippen LogP contribution in [0.3, 0.4) is 0 Å². The van der Waals surface area contributed by atoms with Gasteiger partial charge < -0.3 is 4.57 Å². The Hall–Kier alpha value is -2.81. The van der Waals surface area contributed by atoms with Crippen molar-refractivity contribution < 1.29 is 0 Å². The highest BCUT2D eigenvalue weighted by Gasteiger charge is 2.29. The van der Waals surface area contributed by atoms with Gasteiger partial charge in [0.25, 0.3) is 5.56 Å². The molecule has 152 valence electrons. The van der Waals surface area contributed by atoms with Crippen molar-refractivity contribution in [1.82, 2.24) is 39.2 Å². The zero-order valence-electron chi connectivity index (χ0n) is 17.0. The molecule has 9 heteroatoms. The first kappa shape index (κ1) is 18.2. The Kier molecular flexibility index (Phi) is 4.54. The second-order valence-electron chi connectivity index (χ2n) is 8.25. The summed E-state index contributed by atoms with van der Waals surface area (Å²) in [7, 11) is 0. The van der Waals surface area contributed by atoms with E-state index in [1.165, 1.54) is 12.8 Å². The van der Waals surface area contributed by atoms with E-state index in [0.29, 0.717) is 18.3 Å². The first-order valence-electron chi connectivity index (χ1n) is 10.3.